The number of hydrogen-bond donors (Lipinski definition) is 3. The number of aliphatic hydroxyl groups excluding tert-OH is 1. The normalized spacial score (nSPS) is 12.5. The molecule has 0 spiro atoms. The lowest BCUT2D eigenvalue weighted by Gasteiger charge is -2.10. The highest BCUT2D eigenvalue weighted by Gasteiger charge is 2.00. The lowest BCUT2D eigenvalue weighted by atomic mass is 10.2. The molecule has 3 nitrogen and oxygen atoms in total. The van der Waals surface area contributed by atoms with Gasteiger partial charge in [0.15, 0.2) is 0 Å². The molecule has 0 saturated heterocycles. The van der Waals surface area contributed by atoms with Gasteiger partial charge in [0.1, 0.15) is 0 Å². The van der Waals surface area contributed by atoms with Crippen LogP contribution in [-0.2, 0) is 0 Å². The van der Waals surface area contributed by atoms with Crippen LogP contribution in [0, 0.1) is 0 Å². The summed E-state index contributed by atoms with van der Waals surface area (Å²) in [4.78, 5) is 0. The molecular weight excluding hydrogens is 232 g/mol. The number of anilines is 2. The molecule has 1 aromatic carbocycles. The number of nitrogens with one attached hydrogen (secondary N) is 1. The number of halogens is 1. The smallest absolute Gasteiger partial charge is 0.0684 e. The largest absolute Gasteiger partial charge is 0.397 e. The quantitative estimate of drug-likeness (QED) is 0.712. The first kappa shape index (κ1) is 10.3. The zero-order valence-corrected chi connectivity index (χ0v) is 9.01. The minimum absolute atomic E-state index is 0.376. The van der Waals surface area contributed by atoms with Crippen molar-refractivity contribution < 1.29 is 5.11 Å². The first-order chi connectivity index (χ1) is 6.09. The second kappa shape index (κ2) is 4.48. The Morgan fingerprint density at radius 1 is 1.62 bits per heavy atom. The molecule has 0 fully saturated rings. The van der Waals surface area contributed by atoms with Crippen LogP contribution in [0.1, 0.15) is 6.92 Å². The van der Waals surface area contributed by atoms with Crippen LogP contribution in [0.2, 0.25) is 0 Å². The molecule has 0 aliphatic rings. The SMILES string of the molecule is CC(O)CNc1cc(Br)ccc1N. The van der Waals surface area contributed by atoms with E-state index in [1.54, 1.807) is 6.92 Å². The van der Waals surface area contributed by atoms with E-state index in [1.807, 2.05) is 18.2 Å². The molecule has 0 amide bonds. The highest BCUT2D eigenvalue weighted by molar-refractivity contribution is 9.10. The van der Waals surface area contributed by atoms with Gasteiger partial charge in [-0.1, -0.05) is 15.9 Å². The summed E-state index contributed by atoms with van der Waals surface area (Å²) in [5.74, 6) is 0. The molecule has 0 heterocycles. The van der Waals surface area contributed by atoms with Crippen LogP contribution < -0.4 is 11.1 Å². The fraction of sp³-hybridized carbons (Fsp3) is 0.333. The van der Waals surface area contributed by atoms with Crippen LogP contribution in [-0.4, -0.2) is 17.8 Å². The summed E-state index contributed by atoms with van der Waals surface area (Å²) >= 11 is 3.35. The highest BCUT2D eigenvalue weighted by Crippen LogP contribution is 2.22. The van der Waals surface area contributed by atoms with Crippen molar-refractivity contribution in [3.8, 4) is 0 Å². The summed E-state index contributed by atoms with van der Waals surface area (Å²) in [5, 5.41) is 12.1. The predicted molar refractivity (Wildman–Crippen MR) is 58.7 cm³/mol. The van der Waals surface area contributed by atoms with Crippen LogP contribution in [0.15, 0.2) is 22.7 Å². The van der Waals surface area contributed by atoms with Crippen molar-refractivity contribution in [1.82, 2.24) is 0 Å². The third-order valence-corrected chi connectivity index (χ3v) is 2.10. The summed E-state index contributed by atoms with van der Waals surface area (Å²) in [6.45, 7) is 2.22. The molecule has 0 aliphatic carbocycles. The zero-order valence-electron chi connectivity index (χ0n) is 7.42. The van der Waals surface area contributed by atoms with E-state index in [2.05, 4.69) is 21.2 Å². The summed E-state index contributed by atoms with van der Waals surface area (Å²) in [5.41, 5.74) is 7.24. The molecular formula is C9H13BrN2O. The molecule has 1 rings (SSSR count). The van der Waals surface area contributed by atoms with Crippen LogP contribution in [0.5, 0.6) is 0 Å². The van der Waals surface area contributed by atoms with Gasteiger partial charge in [0, 0.05) is 11.0 Å². The zero-order chi connectivity index (χ0) is 9.84. The average Bonchev–Trinajstić information content (AvgIpc) is 2.06. The Bertz CT molecular complexity index is 289. The highest BCUT2D eigenvalue weighted by atomic mass is 79.9. The molecule has 1 atom stereocenters. The molecule has 1 unspecified atom stereocenters. The van der Waals surface area contributed by atoms with E-state index in [1.165, 1.54) is 0 Å². The number of nitrogen functional groups attached to an aromatic ring is 1. The van der Waals surface area contributed by atoms with E-state index in [4.69, 9.17) is 10.8 Å². The second-order valence-electron chi connectivity index (χ2n) is 2.96. The average molecular weight is 245 g/mol. The number of nitrogens with two attached hydrogens (primary N) is 1. The monoisotopic (exact) mass is 244 g/mol. The van der Waals surface area contributed by atoms with Gasteiger partial charge in [0.05, 0.1) is 17.5 Å². The van der Waals surface area contributed by atoms with Gasteiger partial charge < -0.3 is 16.2 Å². The summed E-state index contributed by atoms with van der Waals surface area (Å²) < 4.78 is 0.967. The van der Waals surface area contributed by atoms with Crippen LogP contribution >= 0.6 is 15.9 Å². The third kappa shape index (κ3) is 3.24. The van der Waals surface area contributed by atoms with Crippen molar-refractivity contribution in [2.24, 2.45) is 0 Å². The van der Waals surface area contributed by atoms with E-state index < -0.39 is 0 Å². The van der Waals surface area contributed by atoms with Crippen molar-refractivity contribution in [2.75, 3.05) is 17.6 Å². The first-order valence-corrected chi connectivity index (χ1v) is 4.86. The number of rotatable bonds is 3. The summed E-state index contributed by atoms with van der Waals surface area (Å²) in [6.07, 6.45) is -0.376. The maximum absolute atomic E-state index is 9.06. The maximum Gasteiger partial charge on any atom is 0.0684 e. The minimum Gasteiger partial charge on any atom is -0.397 e. The van der Waals surface area contributed by atoms with Crippen molar-refractivity contribution in [3.05, 3.63) is 22.7 Å². The Kier molecular flexibility index (Phi) is 3.57. The van der Waals surface area contributed by atoms with Gasteiger partial charge in [-0.2, -0.15) is 0 Å². The molecule has 0 aliphatic heterocycles. The fourth-order valence-electron chi connectivity index (χ4n) is 0.939. The maximum atomic E-state index is 9.06. The molecule has 4 heteroatoms. The molecule has 13 heavy (non-hydrogen) atoms. The number of benzene rings is 1. The number of aliphatic hydroxyl groups is 1. The third-order valence-electron chi connectivity index (χ3n) is 1.60. The van der Waals surface area contributed by atoms with Gasteiger partial charge in [0.25, 0.3) is 0 Å². The minimum atomic E-state index is -0.376. The standard InChI is InChI=1S/C9H13BrN2O/c1-6(13)5-12-9-4-7(10)2-3-8(9)11/h2-4,6,12-13H,5,11H2,1H3. The van der Waals surface area contributed by atoms with Gasteiger partial charge in [-0.15, -0.1) is 0 Å². The van der Waals surface area contributed by atoms with E-state index >= 15 is 0 Å². The van der Waals surface area contributed by atoms with E-state index in [0.29, 0.717) is 12.2 Å². The number of hydrogen-bond acceptors (Lipinski definition) is 3. The van der Waals surface area contributed by atoms with E-state index in [-0.39, 0.29) is 6.10 Å². The summed E-state index contributed by atoms with van der Waals surface area (Å²) in [6, 6.07) is 5.58. The Balaban J connectivity index is 2.70. The lowest BCUT2D eigenvalue weighted by Crippen LogP contribution is -2.16. The van der Waals surface area contributed by atoms with Crippen molar-refractivity contribution >= 4 is 27.3 Å². The van der Waals surface area contributed by atoms with Gasteiger partial charge in [-0.25, -0.2) is 0 Å². The Labute approximate surface area is 86.1 Å². The topological polar surface area (TPSA) is 58.3 Å². The van der Waals surface area contributed by atoms with Crippen LogP contribution in [0.4, 0.5) is 11.4 Å². The predicted octanol–water partition coefficient (Wildman–Crippen LogP) is 1.82. The van der Waals surface area contributed by atoms with Gasteiger partial charge in [0.2, 0.25) is 0 Å². The lowest BCUT2D eigenvalue weighted by molar-refractivity contribution is 0.208. The second-order valence-corrected chi connectivity index (χ2v) is 3.88. The van der Waals surface area contributed by atoms with Crippen molar-refractivity contribution in [1.29, 1.82) is 0 Å². The molecule has 1 aromatic rings. The molecule has 0 saturated carbocycles. The first-order valence-electron chi connectivity index (χ1n) is 4.06. The van der Waals surface area contributed by atoms with Crippen molar-refractivity contribution in [2.45, 2.75) is 13.0 Å². The Morgan fingerprint density at radius 3 is 2.92 bits per heavy atom. The van der Waals surface area contributed by atoms with Crippen molar-refractivity contribution in [3.63, 3.8) is 0 Å². The molecule has 0 aromatic heterocycles. The molecule has 0 bridgehead atoms. The van der Waals surface area contributed by atoms with Gasteiger partial charge in [-0.3, -0.25) is 0 Å². The van der Waals surface area contributed by atoms with Gasteiger partial charge in [-0.05, 0) is 25.1 Å². The summed E-state index contributed by atoms with van der Waals surface area (Å²) in [7, 11) is 0. The van der Waals surface area contributed by atoms with Crippen LogP contribution in [0.25, 0.3) is 0 Å². The molecule has 4 N–H and O–H groups in total. The molecule has 72 valence electrons. The Hall–Kier alpha value is -0.740. The van der Waals surface area contributed by atoms with Gasteiger partial charge >= 0.3 is 0 Å². The Morgan fingerprint density at radius 2 is 2.31 bits per heavy atom. The molecule has 0 radical (unpaired) electrons. The van der Waals surface area contributed by atoms with Crippen LogP contribution in [0.3, 0.4) is 0 Å². The fourth-order valence-corrected chi connectivity index (χ4v) is 1.30. The van der Waals surface area contributed by atoms with E-state index in [0.717, 1.165) is 10.2 Å². The van der Waals surface area contributed by atoms with E-state index in [9.17, 15) is 0 Å².